The minimum Gasteiger partial charge on any atom is -0.494 e. The van der Waals surface area contributed by atoms with Crippen LogP contribution in [-0.4, -0.2) is 43.7 Å². The van der Waals surface area contributed by atoms with Crippen LogP contribution in [0.3, 0.4) is 0 Å². The van der Waals surface area contributed by atoms with Crippen molar-refractivity contribution in [1.29, 1.82) is 0 Å². The zero-order chi connectivity index (χ0) is 35.5. The van der Waals surface area contributed by atoms with Gasteiger partial charge in [-0.1, -0.05) is 72.8 Å². The first-order valence-corrected chi connectivity index (χ1v) is 20.4. The second-order valence-corrected chi connectivity index (χ2v) is 13.3. The Labute approximate surface area is 306 Å². The van der Waals surface area contributed by atoms with E-state index in [0.29, 0.717) is 48.6 Å². The van der Waals surface area contributed by atoms with Crippen molar-refractivity contribution in [2.75, 3.05) is 13.2 Å². The van der Waals surface area contributed by atoms with Crippen LogP contribution >= 0.6 is 0 Å². The summed E-state index contributed by atoms with van der Waals surface area (Å²) in [7, 11) is 1.60. The van der Waals surface area contributed by atoms with Crippen LogP contribution in [0.5, 0.6) is 34.8 Å². The highest BCUT2D eigenvalue weighted by molar-refractivity contribution is 6.10. The molecular formula is C42H44N2O5Si2. The van der Waals surface area contributed by atoms with E-state index < -0.39 is 11.2 Å². The third-order valence-corrected chi connectivity index (χ3v) is 10.8. The maximum atomic E-state index is 7.83. The summed E-state index contributed by atoms with van der Waals surface area (Å²) < 4.78 is 32.1. The van der Waals surface area contributed by atoms with Crippen molar-refractivity contribution in [2.24, 2.45) is 0 Å². The Kier molecular flexibility index (Phi) is 11.6. The van der Waals surface area contributed by atoms with Gasteiger partial charge in [0.1, 0.15) is 34.2 Å². The first-order valence-electron chi connectivity index (χ1n) is 17.6. The number of rotatable bonds is 16. The van der Waals surface area contributed by atoms with E-state index in [0.717, 1.165) is 54.5 Å². The number of hydrogen-bond donors (Lipinski definition) is 0. The quantitative estimate of drug-likeness (QED) is 0.0957. The first kappa shape index (κ1) is 35.6. The normalized spacial score (nSPS) is 13.5. The Morgan fingerprint density at radius 3 is 1.20 bits per heavy atom. The highest BCUT2D eigenvalue weighted by atomic mass is 28.1. The summed E-state index contributed by atoms with van der Waals surface area (Å²) in [5.74, 6) is 3.99. The van der Waals surface area contributed by atoms with E-state index in [1.165, 1.54) is 0 Å². The molecule has 260 valence electrons. The van der Waals surface area contributed by atoms with Crippen molar-refractivity contribution >= 4 is 20.5 Å². The van der Waals surface area contributed by atoms with Crippen molar-refractivity contribution in [3.63, 3.8) is 0 Å². The maximum absolute atomic E-state index is 7.83. The molecule has 9 heteroatoms. The molecule has 0 aliphatic heterocycles. The second kappa shape index (κ2) is 16.7. The standard InChI is InChI=1S/C42H44N2O5Si2/c1-3-45-33-25-21-31(22-26-33)41(29-50,37-17-11-19-39(43-37)47-35-13-7-5-8-14-35)49-42(30-51,32-23-27-34(28-24-32)46-4-2)38-18-12-20-40(44-38)48-36-15-9-6-10-16-36/h5-28H,3-4,29-30H2,1-2,50-51H3. The van der Waals surface area contributed by atoms with Crippen LogP contribution < -0.4 is 18.9 Å². The molecule has 0 aliphatic carbocycles. The predicted octanol–water partition coefficient (Wildman–Crippen LogP) is 7.63. The van der Waals surface area contributed by atoms with E-state index >= 15 is 0 Å². The van der Waals surface area contributed by atoms with Gasteiger partial charge in [-0.05, 0) is 97.7 Å². The summed E-state index contributed by atoms with van der Waals surface area (Å²) >= 11 is 0. The smallest absolute Gasteiger partial charge is 0.219 e. The Morgan fingerprint density at radius 2 is 0.843 bits per heavy atom. The van der Waals surface area contributed by atoms with E-state index in [2.05, 4.69) is 24.3 Å². The SMILES string of the molecule is CCOc1ccc(C(C[SiH3])(OC(C[SiH3])(c2ccc(OCC)cc2)c2cccc(Oc3ccccc3)n2)c2cccc(Oc3ccccc3)n2)cc1. The molecule has 7 nitrogen and oxygen atoms in total. The molecule has 6 rings (SSSR count). The molecule has 2 atom stereocenters. The minimum atomic E-state index is -0.978. The average molecular weight is 713 g/mol. The minimum absolute atomic E-state index is 0.488. The fraction of sp³-hybridized carbons (Fsp3) is 0.190. The molecule has 6 aromatic rings. The molecule has 0 N–H and O–H groups in total. The molecule has 0 saturated carbocycles. The summed E-state index contributed by atoms with van der Waals surface area (Å²) in [5.41, 5.74) is 1.47. The van der Waals surface area contributed by atoms with E-state index in [9.17, 15) is 0 Å². The predicted molar refractivity (Wildman–Crippen MR) is 209 cm³/mol. The fourth-order valence-corrected chi connectivity index (χ4v) is 8.15. The van der Waals surface area contributed by atoms with Gasteiger partial charge in [0, 0.05) is 32.6 Å². The van der Waals surface area contributed by atoms with Crippen LogP contribution in [0.4, 0.5) is 0 Å². The molecule has 0 radical (unpaired) electrons. The van der Waals surface area contributed by atoms with Crippen LogP contribution in [0.15, 0.2) is 146 Å². The monoisotopic (exact) mass is 712 g/mol. The second-order valence-electron chi connectivity index (χ2n) is 11.9. The van der Waals surface area contributed by atoms with Crippen molar-refractivity contribution in [3.05, 3.63) is 168 Å². The van der Waals surface area contributed by atoms with Gasteiger partial charge in [-0.15, -0.1) is 0 Å². The van der Waals surface area contributed by atoms with Crippen molar-refractivity contribution < 1.29 is 23.7 Å². The third-order valence-electron chi connectivity index (χ3n) is 8.81. The number of aromatic nitrogens is 2. The van der Waals surface area contributed by atoms with Gasteiger partial charge >= 0.3 is 0 Å². The summed E-state index contributed by atoms with van der Waals surface area (Å²) in [6.07, 6.45) is 0. The molecule has 0 aliphatic rings. The van der Waals surface area contributed by atoms with E-state index in [4.69, 9.17) is 33.7 Å². The fourth-order valence-electron chi connectivity index (χ4n) is 6.32. The number of hydrogen-bond acceptors (Lipinski definition) is 7. The first-order chi connectivity index (χ1) is 25.0. The van der Waals surface area contributed by atoms with Crippen LogP contribution in [0, 0.1) is 0 Å². The summed E-state index contributed by atoms with van der Waals surface area (Å²) in [6.45, 7) is 5.13. The molecule has 2 unspecified atom stereocenters. The zero-order valence-corrected chi connectivity index (χ0v) is 33.6. The van der Waals surface area contributed by atoms with Gasteiger partial charge in [-0.25, -0.2) is 9.97 Å². The lowest BCUT2D eigenvalue weighted by Gasteiger charge is -2.44. The molecule has 0 bridgehead atoms. The number of pyridine rings is 2. The number of benzene rings is 4. The van der Waals surface area contributed by atoms with Gasteiger partial charge in [0.15, 0.2) is 0 Å². The molecule has 2 heterocycles. The zero-order valence-electron chi connectivity index (χ0n) is 29.6. The summed E-state index contributed by atoms with van der Waals surface area (Å²) in [5, 5.41) is 0. The lowest BCUT2D eigenvalue weighted by atomic mass is 9.86. The highest BCUT2D eigenvalue weighted by Gasteiger charge is 2.47. The molecule has 2 aromatic heterocycles. The Morgan fingerprint density at radius 1 is 0.451 bits per heavy atom. The van der Waals surface area contributed by atoms with E-state index in [1.807, 2.05) is 135 Å². The van der Waals surface area contributed by atoms with E-state index in [-0.39, 0.29) is 0 Å². The maximum Gasteiger partial charge on any atom is 0.219 e. The topological polar surface area (TPSA) is 71.9 Å². The van der Waals surface area contributed by atoms with Gasteiger partial charge in [0.05, 0.1) is 24.6 Å². The Balaban J connectivity index is 1.54. The Hall–Kier alpha value is -5.23. The van der Waals surface area contributed by atoms with Crippen LogP contribution in [0.2, 0.25) is 12.1 Å². The third kappa shape index (κ3) is 8.07. The number of ether oxygens (including phenoxy) is 5. The molecule has 0 fully saturated rings. The van der Waals surface area contributed by atoms with Crippen molar-refractivity contribution in [1.82, 2.24) is 9.97 Å². The van der Waals surface area contributed by atoms with Gasteiger partial charge in [-0.2, -0.15) is 0 Å². The number of nitrogens with zero attached hydrogens (tertiary/aromatic N) is 2. The summed E-state index contributed by atoms with van der Waals surface area (Å²) in [6, 6.07) is 49.0. The van der Waals surface area contributed by atoms with Crippen LogP contribution in [-0.2, 0) is 15.9 Å². The lowest BCUT2D eigenvalue weighted by molar-refractivity contribution is -0.110. The van der Waals surface area contributed by atoms with Gasteiger partial charge < -0.3 is 23.7 Å². The van der Waals surface area contributed by atoms with Gasteiger partial charge in [0.2, 0.25) is 11.8 Å². The lowest BCUT2D eigenvalue weighted by Crippen LogP contribution is -2.43. The molecule has 51 heavy (non-hydrogen) atoms. The van der Waals surface area contributed by atoms with Crippen molar-refractivity contribution in [3.8, 4) is 34.8 Å². The average Bonchev–Trinajstić information content (AvgIpc) is 3.18. The van der Waals surface area contributed by atoms with Gasteiger partial charge in [0.25, 0.3) is 0 Å². The molecular weight excluding hydrogens is 669 g/mol. The van der Waals surface area contributed by atoms with Gasteiger partial charge in [-0.3, -0.25) is 0 Å². The molecule has 4 aromatic carbocycles. The van der Waals surface area contributed by atoms with Crippen molar-refractivity contribution in [2.45, 2.75) is 37.1 Å². The molecule has 0 amide bonds. The molecule has 0 saturated heterocycles. The van der Waals surface area contributed by atoms with Crippen LogP contribution in [0.25, 0.3) is 0 Å². The summed E-state index contributed by atoms with van der Waals surface area (Å²) in [4.78, 5) is 10.3. The Bertz CT molecular complexity index is 1840. The van der Waals surface area contributed by atoms with Crippen LogP contribution in [0.1, 0.15) is 36.4 Å². The highest BCUT2D eigenvalue weighted by Crippen LogP contribution is 2.48. The van der Waals surface area contributed by atoms with E-state index in [1.54, 1.807) is 0 Å². The number of para-hydroxylation sites is 2. The molecule has 0 spiro atoms. The largest absolute Gasteiger partial charge is 0.494 e.